The number of morpholine rings is 1. The van der Waals surface area contributed by atoms with Crippen LogP contribution in [0.4, 0.5) is 4.39 Å². The molecular formula is C16H22FN3O2. The molecule has 5 nitrogen and oxygen atoms in total. The Morgan fingerprint density at radius 3 is 2.77 bits per heavy atom. The number of aliphatic hydroxyl groups excluding tert-OH is 1. The summed E-state index contributed by atoms with van der Waals surface area (Å²) in [4.78, 5) is 4.31. The zero-order valence-corrected chi connectivity index (χ0v) is 12.7. The second kappa shape index (κ2) is 8.81. The third kappa shape index (κ3) is 5.04. The molecule has 1 aliphatic rings. The highest BCUT2D eigenvalue weighted by atomic mass is 19.1. The molecule has 0 amide bonds. The van der Waals surface area contributed by atoms with Crippen LogP contribution in [0.2, 0.25) is 0 Å². The zero-order chi connectivity index (χ0) is 15.8. The molecule has 22 heavy (non-hydrogen) atoms. The van der Waals surface area contributed by atoms with Gasteiger partial charge in [-0.3, -0.25) is 9.80 Å². The molecule has 0 unspecified atom stereocenters. The molecule has 2 rings (SSSR count). The summed E-state index contributed by atoms with van der Waals surface area (Å²) in [5.74, 6) is -0.312. The molecule has 0 aliphatic carbocycles. The number of hydrogen-bond donors (Lipinski definition) is 1. The number of ether oxygens (including phenoxy) is 1. The fraction of sp³-hybridized carbons (Fsp3) is 0.562. The lowest BCUT2D eigenvalue weighted by Crippen LogP contribution is -2.42. The first-order chi connectivity index (χ1) is 10.7. The molecule has 1 N–H and O–H groups in total. The van der Waals surface area contributed by atoms with Crippen LogP contribution in [0.5, 0.6) is 0 Å². The maximum atomic E-state index is 13.9. The first-order valence-electron chi connectivity index (χ1n) is 7.55. The summed E-state index contributed by atoms with van der Waals surface area (Å²) in [7, 11) is 0. The van der Waals surface area contributed by atoms with Gasteiger partial charge in [-0.25, -0.2) is 4.39 Å². The maximum Gasteiger partial charge on any atom is 0.127 e. The van der Waals surface area contributed by atoms with Gasteiger partial charge in [-0.1, -0.05) is 0 Å². The van der Waals surface area contributed by atoms with E-state index in [2.05, 4.69) is 4.90 Å². The fourth-order valence-electron chi connectivity index (χ4n) is 2.53. The number of nitrogens with zero attached hydrogens (tertiary/aromatic N) is 3. The Hall–Kier alpha value is -1.52. The van der Waals surface area contributed by atoms with Crippen LogP contribution >= 0.6 is 0 Å². The van der Waals surface area contributed by atoms with E-state index in [0.29, 0.717) is 24.2 Å². The quantitative estimate of drug-likeness (QED) is 0.808. The van der Waals surface area contributed by atoms with E-state index in [1.165, 1.54) is 12.1 Å². The molecule has 1 fully saturated rings. The third-order valence-electron chi connectivity index (χ3n) is 3.82. The molecule has 0 saturated carbocycles. The summed E-state index contributed by atoms with van der Waals surface area (Å²) in [6, 6.07) is 6.41. The minimum atomic E-state index is -0.312. The molecule has 1 saturated heterocycles. The Morgan fingerprint density at radius 2 is 2.09 bits per heavy atom. The van der Waals surface area contributed by atoms with Gasteiger partial charge < -0.3 is 9.84 Å². The lowest BCUT2D eigenvalue weighted by Gasteiger charge is -2.30. The van der Waals surface area contributed by atoms with Crippen LogP contribution < -0.4 is 0 Å². The predicted octanol–water partition coefficient (Wildman–Crippen LogP) is 0.824. The second-order valence-corrected chi connectivity index (χ2v) is 5.37. The molecule has 0 atom stereocenters. The number of halogens is 1. The Morgan fingerprint density at radius 1 is 1.32 bits per heavy atom. The lowest BCUT2D eigenvalue weighted by molar-refractivity contribution is 0.0319. The van der Waals surface area contributed by atoms with Crippen molar-refractivity contribution in [3.05, 3.63) is 35.1 Å². The number of benzene rings is 1. The number of rotatable bonds is 7. The standard InChI is InChI=1S/C16H22FN3O2/c17-16-2-1-14(12-18)11-15(16)13-20(5-8-21)4-3-19-6-9-22-10-7-19/h1-2,11,21H,3-10,13H2. The van der Waals surface area contributed by atoms with Gasteiger partial charge in [0.1, 0.15) is 5.82 Å². The van der Waals surface area contributed by atoms with Crippen LogP contribution in [0.15, 0.2) is 18.2 Å². The Labute approximate surface area is 130 Å². The Balaban J connectivity index is 1.94. The topological polar surface area (TPSA) is 59.7 Å². The minimum Gasteiger partial charge on any atom is -0.395 e. The summed E-state index contributed by atoms with van der Waals surface area (Å²) in [5, 5.41) is 18.1. The van der Waals surface area contributed by atoms with Gasteiger partial charge in [0.25, 0.3) is 0 Å². The first-order valence-corrected chi connectivity index (χ1v) is 7.55. The molecule has 1 aromatic carbocycles. The average molecular weight is 307 g/mol. The molecule has 1 aliphatic heterocycles. The molecule has 0 radical (unpaired) electrons. The molecule has 0 spiro atoms. The van der Waals surface area contributed by atoms with Crippen molar-refractivity contribution in [2.24, 2.45) is 0 Å². The minimum absolute atomic E-state index is 0.0304. The van der Waals surface area contributed by atoms with E-state index in [4.69, 9.17) is 10.00 Å². The van der Waals surface area contributed by atoms with Crippen molar-refractivity contribution in [1.82, 2.24) is 9.80 Å². The van der Waals surface area contributed by atoms with E-state index in [9.17, 15) is 9.50 Å². The van der Waals surface area contributed by atoms with Crippen molar-refractivity contribution in [3.8, 4) is 6.07 Å². The molecule has 120 valence electrons. The summed E-state index contributed by atoms with van der Waals surface area (Å²) < 4.78 is 19.2. The first kappa shape index (κ1) is 16.8. The van der Waals surface area contributed by atoms with Crippen LogP contribution in [0, 0.1) is 17.1 Å². The highest BCUT2D eigenvalue weighted by molar-refractivity contribution is 5.33. The van der Waals surface area contributed by atoms with E-state index < -0.39 is 0 Å². The predicted molar refractivity (Wildman–Crippen MR) is 80.7 cm³/mol. The fourth-order valence-corrected chi connectivity index (χ4v) is 2.53. The SMILES string of the molecule is N#Cc1ccc(F)c(CN(CCO)CCN2CCOCC2)c1. The van der Waals surface area contributed by atoms with Crippen LogP contribution in [0.3, 0.4) is 0 Å². The molecule has 1 aromatic rings. The van der Waals surface area contributed by atoms with Crippen molar-refractivity contribution in [2.75, 3.05) is 52.5 Å². The van der Waals surface area contributed by atoms with Gasteiger partial charge in [-0.15, -0.1) is 0 Å². The molecular weight excluding hydrogens is 285 g/mol. The van der Waals surface area contributed by atoms with Gasteiger partial charge in [0, 0.05) is 44.8 Å². The molecule has 0 aromatic heterocycles. The van der Waals surface area contributed by atoms with Crippen molar-refractivity contribution >= 4 is 0 Å². The molecule has 6 heteroatoms. The van der Waals surface area contributed by atoms with E-state index >= 15 is 0 Å². The van der Waals surface area contributed by atoms with Gasteiger partial charge in [0.2, 0.25) is 0 Å². The highest BCUT2D eigenvalue weighted by Gasteiger charge is 2.14. The number of nitriles is 1. The molecule has 0 bridgehead atoms. The Kier molecular flexibility index (Phi) is 6.74. The summed E-state index contributed by atoms with van der Waals surface area (Å²) in [6.07, 6.45) is 0. The summed E-state index contributed by atoms with van der Waals surface area (Å²) in [5.41, 5.74) is 0.947. The highest BCUT2D eigenvalue weighted by Crippen LogP contribution is 2.13. The largest absolute Gasteiger partial charge is 0.395 e. The zero-order valence-electron chi connectivity index (χ0n) is 12.7. The van der Waals surface area contributed by atoms with Crippen LogP contribution in [0.1, 0.15) is 11.1 Å². The number of aliphatic hydroxyl groups is 1. The van der Waals surface area contributed by atoms with Crippen molar-refractivity contribution in [1.29, 1.82) is 5.26 Å². The van der Waals surface area contributed by atoms with Gasteiger partial charge >= 0.3 is 0 Å². The lowest BCUT2D eigenvalue weighted by atomic mass is 10.1. The van der Waals surface area contributed by atoms with Gasteiger partial charge in [0.05, 0.1) is 31.5 Å². The van der Waals surface area contributed by atoms with E-state index in [0.717, 1.165) is 39.4 Å². The van der Waals surface area contributed by atoms with Crippen LogP contribution in [-0.4, -0.2) is 67.5 Å². The van der Waals surface area contributed by atoms with E-state index in [1.807, 2.05) is 11.0 Å². The summed E-state index contributed by atoms with van der Waals surface area (Å²) in [6.45, 7) is 5.84. The number of hydrogen-bond acceptors (Lipinski definition) is 5. The second-order valence-electron chi connectivity index (χ2n) is 5.37. The third-order valence-corrected chi connectivity index (χ3v) is 3.82. The Bertz CT molecular complexity index is 513. The average Bonchev–Trinajstić information content (AvgIpc) is 2.55. The maximum absolute atomic E-state index is 13.9. The summed E-state index contributed by atoms with van der Waals surface area (Å²) >= 11 is 0. The van der Waals surface area contributed by atoms with Crippen molar-refractivity contribution in [2.45, 2.75) is 6.54 Å². The smallest absolute Gasteiger partial charge is 0.127 e. The van der Waals surface area contributed by atoms with Crippen molar-refractivity contribution < 1.29 is 14.2 Å². The van der Waals surface area contributed by atoms with E-state index in [1.54, 1.807) is 6.07 Å². The van der Waals surface area contributed by atoms with E-state index in [-0.39, 0.29) is 12.4 Å². The molecule has 1 heterocycles. The van der Waals surface area contributed by atoms with Crippen LogP contribution in [-0.2, 0) is 11.3 Å². The van der Waals surface area contributed by atoms with Crippen LogP contribution in [0.25, 0.3) is 0 Å². The van der Waals surface area contributed by atoms with Gasteiger partial charge in [0.15, 0.2) is 0 Å². The van der Waals surface area contributed by atoms with Crippen molar-refractivity contribution in [3.63, 3.8) is 0 Å². The normalized spacial score (nSPS) is 15.9. The van der Waals surface area contributed by atoms with Gasteiger partial charge in [-0.2, -0.15) is 5.26 Å². The van der Waals surface area contributed by atoms with Gasteiger partial charge in [-0.05, 0) is 18.2 Å². The monoisotopic (exact) mass is 307 g/mol.